The van der Waals surface area contributed by atoms with E-state index in [0.717, 1.165) is 0 Å². The summed E-state index contributed by atoms with van der Waals surface area (Å²) in [5.74, 6) is 0.723. The molecule has 2 aromatic carbocycles. The topological polar surface area (TPSA) is 44.1 Å². The predicted octanol–water partition coefficient (Wildman–Crippen LogP) is 2.65. The van der Waals surface area contributed by atoms with E-state index in [-0.39, 0.29) is 18.0 Å². The first-order valence-electron chi connectivity index (χ1n) is 6.48. The Balaban J connectivity index is 1.92. The molecule has 0 aliphatic heterocycles. The molecule has 0 saturated heterocycles. The molecule has 21 heavy (non-hydrogen) atoms. The molecule has 0 fully saturated rings. The maximum Gasteiger partial charge on any atom is 0.261 e. The predicted molar refractivity (Wildman–Crippen MR) is 77.7 cm³/mol. The first-order valence-corrected chi connectivity index (χ1v) is 6.48. The van der Waals surface area contributed by atoms with Crippen LogP contribution in [0.3, 0.4) is 0 Å². The van der Waals surface area contributed by atoms with Crippen LogP contribution in [0.5, 0.6) is 5.75 Å². The van der Waals surface area contributed by atoms with E-state index in [2.05, 4.69) is 4.98 Å². The third kappa shape index (κ3) is 2.63. The second kappa shape index (κ2) is 5.36. The van der Waals surface area contributed by atoms with Crippen molar-refractivity contribution in [3.63, 3.8) is 0 Å². The highest BCUT2D eigenvalue weighted by molar-refractivity contribution is 5.77. The van der Waals surface area contributed by atoms with Gasteiger partial charge in [0.2, 0.25) is 0 Å². The summed E-state index contributed by atoms with van der Waals surface area (Å²) in [7, 11) is 1.66. The van der Waals surface area contributed by atoms with Gasteiger partial charge in [0.25, 0.3) is 5.56 Å². The average molecular weight is 284 g/mol. The summed E-state index contributed by atoms with van der Waals surface area (Å²) < 4.78 is 19.8. The van der Waals surface area contributed by atoms with Crippen molar-refractivity contribution in [2.75, 3.05) is 0 Å². The molecular formula is C16H13FN2O2. The van der Waals surface area contributed by atoms with Crippen LogP contribution in [0.25, 0.3) is 10.9 Å². The zero-order valence-electron chi connectivity index (χ0n) is 11.4. The van der Waals surface area contributed by atoms with Gasteiger partial charge in [-0.25, -0.2) is 9.37 Å². The molecule has 0 spiro atoms. The molecule has 0 unspecified atom stereocenters. The zero-order chi connectivity index (χ0) is 14.8. The van der Waals surface area contributed by atoms with Gasteiger partial charge < -0.3 is 4.74 Å². The Hall–Kier alpha value is -2.69. The van der Waals surface area contributed by atoms with Gasteiger partial charge in [-0.2, -0.15) is 0 Å². The van der Waals surface area contributed by atoms with Crippen LogP contribution >= 0.6 is 0 Å². The highest BCUT2D eigenvalue weighted by atomic mass is 19.1. The second-order valence-electron chi connectivity index (χ2n) is 4.65. The molecule has 3 aromatic rings. The third-order valence-electron chi connectivity index (χ3n) is 3.26. The highest BCUT2D eigenvalue weighted by Crippen LogP contribution is 2.13. The van der Waals surface area contributed by atoms with Crippen LogP contribution in [-0.4, -0.2) is 9.55 Å². The van der Waals surface area contributed by atoms with Gasteiger partial charge >= 0.3 is 0 Å². The summed E-state index contributed by atoms with van der Waals surface area (Å²) in [5, 5.41) is 0.575. The van der Waals surface area contributed by atoms with Crippen LogP contribution in [-0.2, 0) is 13.7 Å². The van der Waals surface area contributed by atoms with Crippen molar-refractivity contribution in [1.82, 2.24) is 9.55 Å². The molecule has 0 saturated carbocycles. The summed E-state index contributed by atoms with van der Waals surface area (Å²) >= 11 is 0. The minimum atomic E-state index is -0.321. The van der Waals surface area contributed by atoms with Crippen molar-refractivity contribution in [3.05, 3.63) is 70.5 Å². The maximum absolute atomic E-state index is 12.8. The lowest BCUT2D eigenvalue weighted by Gasteiger charge is -2.10. The number of rotatable bonds is 3. The van der Waals surface area contributed by atoms with Crippen molar-refractivity contribution < 1.29 is 9.13 Å². The number of nitrogens with zero attached hydrogens (tertiary/aromatic N) is 2. The van der Waals surface area contributed by atoms with E-state index in [4.69, 9.17) is 4.74 Å². The molecule has 0 radical (unpaired) electrons. The Bertz CT molecular complexity index is 841. The van der Waals surface area contributed by atoms with E-state index >= 15 is 0 Å². The fourth-order valence-corrected chi connectivity index (χ4v) is 2.07. The highest BCUT2D eigenvalue weighted by Gasteiger charge is 2.08. The molecular weight excluding hydrogens is 271 g/mol. The van der Waals surface area contributed by atoms with Crippen molar-refractivity contribution in [3.8, 4) is 5.75 Å². The molecule has 0 bridgehead atoms. The van der Waals surface area contributed by atoms with Crippen LogP contribution in [0.1, 0.15) is 5.82 Å². The Morgan fingerprint density at radius 2 is 1.86 bits per heavy atom. The first-order chi connectivity index (χ1) is 10.1. The Kier molecular flexibility index (Phi) is 3.39. The maximum atomic E-state index is 12.8. The molecule has 0 aliphatic carbocycles. The summed E-state index contributed by atoms with van der Waals surface area (Å²) in [6.45, 7) is 0.141. The number of hydrogen-bond acceptors (Lipinski definition) is 3. The van der Waals surface area contributed by atoms with Crippen molar-refractivity contribution in [2.24, 2.45) is 7.05 Å². The first kappa shape index (κ1) is 13.3. The normalized spacial score (nSPS) is 10.8. The fourth-order valence-electron chi connectivity index (χ4n) is 2.07. The molecule has 106 valence electrons. The van der Waals surface area contributed by atoms with Gasteiger partial charge in [-0.1, -0.05) is 12.1 Å². The number of aromatic nitrogens is 2. The molecule has 0 atom stereocenters. The second-order valence-corrected chi connectivity index (χ2v) is 4.65. The molecule has 0 aliphatic rings. The summed E-state index contributed by atoms with van der Waals surface area (Å²) in [4.78, 5) is 16.7. The molecule has 3 rings (SSSR count). The lowest BCUT2D eigenvalue weighted by Crippen LogP contribution is -2.23. The number of halogens is 1. The van der Waals surface area contributed by atoms with Crippen LogP contribution in [0.2, 0.25) is 0 Å². The van der Waals surface area contributed by atoms with E-state index in [0.29, 0.717) is 22.5 Å². The van der Waals surface area contributed by atoms with Gasteiger partial charge in [0.1, 0.15) is 24.0 Å². The van der Waals surface area contributed by atoms with Gasteiger partial charge in [0.15, 0.2) is 0 Å². The van der Waals surface area contributed by atoms with E-state index in [1.54, 1.807) is 25.2 Å². The minimum Gasteiger partial charge on any atom is -0.486 e. The largest absolute Gasteiger partial charge is 0.486 e. The van der Waals surface area contributed by atoms with Gasteiger partial charge in [-0.3, -0.25) is 9.36 Å². The molecule has 5 heteroatoms. The molecule has 1 aromatic heterocycles. The average Bonchev–Trinajstić information content (AvgIpc) is 2.51. The third-order valence-corrected chi connectivity index (χ3v) is 3.26. The summed E-state index contributed by atoms with van der Waals surface area (Å²) in [6.07, 6.45) is 0. The van der Waals surface area contributed by atoms with Gasteiger partial charge in [-0.15, -0.1) is 0 Å². The number of para-hydroxylation sites is 1. The lowest BCUT2D eigenvalue weighted by molar-refractivity contribution is 0.289. The number of fused-ring (bicyclic) bond motifs is 1. The smallest absolute Gasteiger partial charge is 0.261 e. The lowest BCUT2D eigenvalue weighted by atomic mass is 10.2. The molecule has 0 amide bonds. The monoisotopic (exact) mass is 284 g/mol. The number of hydrogen-bond donors (Lipinski definition) is 0. The number of benzene rings is 2. The van der Waals surface area contributed by atoms with Crippen LogP contribution in [0.15, 0.2) is 53.3 Å². The fraction of sp³-hybridized carbons (Fsp3) is 0.125. The van der Waals surface area contributed by atoms with Gasteiger partial charge in [-0.05, 0) is 36.4 Å². The van der Waals surface area contributed by atoms with Crippen molar-refractivity contribution in [1.29, 1.82) is 0 Å². The molecule has 4 nitrogen and oxygen atoms in total. The Labute approximate surface area is 120 Å². The van der Waals surface area contributed by atoms with Crippen LogP contribution < -0.4 is 10.3 Å². The Morgan fingerprint density at radius 1 is 1.14 bits per heavy atom. The summed E-state index contributed by atoms with van der Waals surface area (Å²) in [6, 6.07) is 12.9. The quantitative estimate of drug-likeness (QED) is 0.742. The van der Waals surface area contributed by atoms with E-state index in [1.807, 2.05) is 6.07 Å². The molecule has 1 heterocycles. The van der Waals surface area contributed by atoms with Crippen molar-refractivity contribution in [2.45, 2.75) is 6.61 Å². The molecule has 0 N–H and O–H groups in total. The zero-order valence-corrected chi connectivity index (χ0v) is 11.4. The number of ether oxygens (including phenoxy) is 1. The van der Waals surface area contributed by atoms with Gasteiger partial charge in [0, 0.05) is 7.05 Å². The van der Waals surface area contributed by atoms with Gasteiger partial charge in [0.05, 0.1) is 10.9 Å². The van der Waals surface area contributed by atoms with E-state index in [9.17, 15) is 9.18 Å². The standard InChI is InChI=1S/C16H13FN2O2/c1-19-15(10-21-12-8-6-11(17)7-9-12)18-14-5-3-2-4-13(14)16(19)20/h2-9H,10H2,1H3. The minimum absolute atomic E-state index is 0.113. The van der Waals surface area contributed by atoms with E-state index in [1.165, 1.54) is 28.8 Å². The summed E-state index contributed by atoms with van der Waals surface area (Å²) in [5.41, 5.74) is 0.525. The van der Waals surface area contributed by atoms with Crippen LogP contribution in [0, 0.1) is 5.82 Å². The van der Waals surface area contributed by atoms with E-state index < -0.39 is 0 Å². The SMILES string of the molecule is Cn1c(COc2ccc(F)cc2)nc2ccccc2c1=O. The van der Waals surface area contributed by atoms with Crippen molar-refractivity contribution >= 4 is 10.9 Å². The van der Waals surface area contributed by atoms with Crippen LogP contribution in [0.4, 0.5) is 4.39 Å². The Morgan fingerprint density at radius 3 is 2.62 bits per heavy atom.